The molecule has 1 amide bonds. The lowest BCUT2D eigenvalue weighted by atomic mass is 9.95. The highest BCUT2D eigenvalue weighted by Crippen LogP contribution is 2.33. The molecule has 1 saturated carbocycles. The van der Waals surface area contributed by atoms with Crippen molar-refractivity contribution in [3.8, 4) is 0 Å². The van der Waals surface area contributed by atoms with Gasteiger partial charge in [0.15, 0.2) is 0 Å². The lowest BCUT2D eigenvalue weighted by Crippen LogP contribution is -2.39. The highest BCUT2D eigenvalue weighted by molar-refractivity contribution is 5.80. The number of rotatable bonds is 4. The number of amides is 1. The van der Waals surface area contributed by atoms with E-state index in [0.29, 0.717) is 6.42 Å². The van der Waals surface area contributed by atoms with Crippen molar-refractivity contribution in [3.05, 3.63) is 71.5 Å². The monoisotopic (exact) mass is 327 g/mol. The Bertz CT molecular complexity index is 687. The topological polar surface area (TPSA) is 40.5 Å². The van der Waals surface area contributed by atoms with Crippen LogP contribution in [0.25, 0.3) is 0 Å². The molecule has 0 heterocycles. The average Bonchev–Trinajstić information content (AvgIpc) is 3.03. The molecule has 2 aromatic carbocycles. The van der Waals surface area contributed by atoms with E-state index in [0.717, 1.165) is 24.0 Å². The van der Waals surface area contributed by atoms with Crippen molar-refractivity contribution in [2.75, 3.05) is 7.05 Å². The van der Waals surface area contributed by atoms with Gasteiger partial charge in [0.1, 0.15) is 5.82 Å². The Morgan fingerprint density at radius 2 is 1.71 bits per heavy atom. The molecule has 0 spiro atoms. The lowest BCUT2D eigenvalue weighted by molar-refractivity contribution is -0.138. The molecule has 126 valence electrons. The quantitative estimate of drug-likeness (QED) is 0.933. The van der Waals surface area contributed by atoms with Crippen LogP contribution in [-0.2, 0) is 4.79 Å². The molecular weight excluding hydrogens is 305 g/mol. The van der Waals surface area contributed by atoms with E-state index in [4.69, 9.17) is 0 Å². The van der Waals surface area contributed by atoms with Gasteiger partial charge in [-0.25, -0.2) is 4.39 Å². The van der Waals surface area contributed by atoms with Crippen LogP contribution in [0.2, 0.25) is 0 Å². The zero-order valence-corrected chi connectivity index (χ0v) is 13.7. The molecule has 1 fully saturated rings. The third-order valence-electron chi connectivity index (χ3n) is 4.83. The van der Waals surface area contributed by atoms with Crippen LogP contribution < -0.4 is 0 Å². The molecule has 3 rings (SSSR count). The van der Waals surface area contributed by atoms with Crippen LogP contribution in [0.5, 0.6) is 0 Å². The van der Waals surface area contributed by atoms with Crippen molar-refractivity contribution in [2.45, 2.75) is 31.4 Å². The Labute approximate surface area is 141 Å². The first-order valence-corrected chi connectivity index (χ1v) is 8.33. The molecule has 3 nitrogen and oxygen atoms in total. The molecular formula is C20H22FNO2. The summed E-state index contributed by atoms with van der Waals surface area (Å²) in [6.45, 7) is 0. The van der Waals surface area contributed by atoms with Crippen LogP contribution in [0.1, 0.15) is 36.4 Å². The van der Waals surface area contributed by atoms with Gasteiger partial charge < -0.3 is 10.0 Å². The molecule has 2 aromatic rings. The fourth-order valence-electron chi connectivity index (χ4n) is 3.54. The first kappa shape index (κ1) is 16.7. The van der Waals surface area contributed by atoms with E-state index in [2.05, 4.69) is 0 Å². The largest absolute Gasteiger partial charge is 0.392 e. The van der Waals surface area contributed by atoms with Gasteiger partial charge in [-0.05, 0) is 42.5 Å². The smallest absolute Gasteiger partial charge is 0.228 e. The summed E-state index contributed by atoms with van der Waals surface area (Å²) in [6.07, 6.45) is 1.70. The Balaban J connectivity index is 1.95. The minimum absolute atomic E-state index is 0.0572. The zero-order chi connectivity index (χ0) is 17.1. The van der Waals surface area contributed by atoms with E-state index in [-0.39, 0.29) is 23.7 Å². The number of nitrogens with zero attached hydrogens (tertiary/aromatic N) is 1. The SMILES string of the molecule is CN(C(=O)C1CCCC1O)C(c1ccccc1)c1ccc(F)cc1. The Morgan fingerprint density at radius 3 is 2.29 bits per heavy atom. The van der Waals surface area contributed by atoms with Crippen molar-refractivity contribution in [2.24, 2.45) is 5.92 Å². The second-order valence-electron chi connectivity index (χ2n) is 6.42. The molecule has 0 aromatic heterocycles. The number of aliphatic hydroxyl groups is 1. The molecule has 0 bridgehead atoms. The number of aliphatic hydroxyl groups excluding tert-OH is 1. The van der Waals surface area contributed by atoms with Crippen LogP contribution >= 0.6 is 0 Å². The molecule has 3 atom stereocenters. The van der Waals surface area contributed by atoms with Crippen molar-refractivity contribution in [1.82, 2.24) is 4.90 Å². The van der Waals surface area contributed by atoms with Crippen LogP contribution in [0.3, 0.4) is 0 Å². The van der Waals surface area contributed by atoms with Crippen LogP contribution in [0, 0.1) is 11.7 Å². The van der Waals surface area contributed by atoms with Gasteiger partial charge in [0.05, 0.1) is 18.1 Å². The van der Waals surface area contributed by atoms with E-state index < -0.39 is 6.10 Å². The summed E-state index contributed by atoms with van der Waals surface area (Å²) >= 11 is 0. The third-order valence-corrected chi connectivity index (χ3v) is 4.83. The van der Waals surface area contributed by atoms with E-state index in [1.165, 1.54) is 12.1 Å². The number of carbonyl (C=O) groups excluding carboxylic acids is 1. The second kappa shape index (κ2) is 7.14. The Kier molecular flexibility index (Phi) is 4.95. The fraction of sp³-hybridized carbons (Fsp3) is 0.350. The van der Waals surface area contributed by atoms with E-state index in [9.17, 15) is 14.3 Å². The molecule has 0 radical (unpaired) electrons. The average molecular weight is 327 g/mol. The number of hydrogen-bond acceptors (Lipinski definition) is 2. The first-order chi connectivity index (χ1) is 11.6. The van der Waals surface area contributed by atoms with Crippen LogP contribution in [0.15, 0.2) is 54.6 Å². The molecule has 1 aliphatic carbocycles. The summed E-state index contributed by atoms with van der Waals surface area (Å²) in [5.41, 5.74) is 1.82. The van der Waals surface area contributed by atoms with Gasteiger partial charge in [-0.2, -0.15) is 0 Å². The van der Waals surface area contributed by atoms with Crippen molar-refractivity contribution in [1.29, 1.82) is 0 Å². The highest BCUT2D eigenvalue weighted by atomic mass is 19.1. The van der Waals surface area contributed by atoms with E-state index in [1.807, 2.05) is 30.3 Å². The molecule has 0 saturated heterocycles. The Hall–Kier alpha value is -2.20. The Morgan fingerprint density at radius 1 is 1.08 bits per heavy atom. The van der Waals surface area contributed by atoms with Crippen LogP contribution in [-0.4, -0.2) is 29.1 Å². The predicted molar refractivity (Wildman–Crippen MR) is 90.8 cm³/mol. The summed E-state index contributed by atoms with van der Waals surface area (Å²) in [4.78, 5) is 14.6. The maximum atomic E-state index is 13.3. The number of hydrogen-bond donors (Lipinski definition) is 1. The maximum absolute atomic E-state index is 13.3. The van der Waals surface area contributed by atoms with E-state index >= 15 is 0 Å². The van der Waals surface area contributed by atoms with Crippen molar-refractivity contribution >= 4 is 5.91 Å². The minimum atomic E-state index is -0.565. The normalized spacial score (nSPS) is 21.5. The van der Waals surface area contributed by atoms with Gasteiger partial charge in [-0.15, -0.1) is 0 Å². The number of benzene rings is 2. The molecule has 4 heteroatoms. The first-order valence-electron chi connectivity index (χ1n) is 8.33. The minimum Gasteiger partial charge on any atom is -0.392 e. The van der Waals surface area contributed by atoms with Crippen LogP contribution in [0.4, 0.5) is 4.39 Å². The van der Waals surface area contributed by atoms with Crippen molar-refractivity contribution < 1.29 is 14.3 Å². The molecule has 3 unspecified atom stereocenters. The molecule has 24 heavy (non-hydrogen) atoms. The van der Waals surface area contributed by atoms with Gasteiger partial charge >= 0.3 is 0 Å². The second-order valence-corrected chi connectivity index (χ2v) is 6.42. The summed E-state index contributed by atoms with van der Waals surface area (Å²) < 4.78 is 13.3. The van der Waals surface area contributed by atoms with Gasteiger partial charge in [0.25, 0.3) is 0 Å². The molecule has 1 N–H and O–H groups in total. The molecule has 1 aliphatic rings. The van der Waals surface area contributed by atoms with E-state index in [1.54, 1.807) is 24.1 Å². The maximum Gasteiger partial charge on any atom is 0.228 e. The summed E-state index contributed by atoms with van der Waals surface area (Å²) in [6, 6.07) is 15.6. The standard InChI is InChI=1S/C20H22FNO2/c1-22(20(24)17-8-5-9-18(17)23)19(14-6-3-2-4-7-14)15-10-12-16(21)13-11-15/h2-4,6-7,10-13,17-19,23H,5,8-9H2,1H3. The number of carbonyl (C=O) groups is 1. The lowest BCUT2D eigenvalue weighted by Gasteiger charge is -2.32. The highest BCUT2D eigenvalue weighted by Gasteiger charge is 2.36. The summed E-state index contributed by atoms with van der Waals surface area (Å²) in [7, 11) is 1.76. The third kappa shape index (κ3) is 3.34. The van der Waals surface area contributed by atoms with Gasteiger partial charge in [-0.1, -0.05) is 42.5 Å². The van der Waals surface area contributed by atoms with Gasteiger partial charge in [-0.3, -0.25) is 4.79 Å². The van der Waals surface area contributed by atoms with Gasteiger partial charge in [0.2, 0.25) is 5.91 Å². The number of halogens is 1. The summed E-state index contributed by atoms with van der Waals surface area (Å²) in [5, 5.41) is 10.1. The van der Waals surface area contributed by atoms with Crippen molar-refractivity contribution in [3.63, 3.8) is 0 Å². The fourth-order valence-corrected chi connectivity index (χ4v) is 3.54. The molecule has 0 aliphatic heterocycles. The van der Waals surface area contributed by atoms with Gasteiger partial charge in [0, 0.05) is 7.05 Å². The zero-order valence-electron chi connectivity index (χ0n) is 13.7. The predicted octanol–water partition coefficient (Wildman–Crippen LogP) is 3.53. The summed E-state index contributed by atoms with van der Waals surface area (Å²) in [5.74, 6) is -0.703.